The first-order valence-electron chi connectivity index (χ1n) is 22.8. The van der Waals surface area contributed by atoms with Crippen molar-refractivity contribution in [2.75, 3.05) is 0 Å². The second-order valence-corrected chi connectivity index (χ2v) is 18.2. The molecule has 0 aliphatic rings. The van der Waals surface area contributed by atoms with Gasteiger partial charge in [-0.1, -0.05) is 101 Å². The zero-order valence-corrected chi connectivity index (χ0v) is 40.6. The number of Topliss-reactive ketones (excluding diaryl/α,β-unsaturated/α-hetero) is 1. The molecule has 2 rings (SSSR count). The minimum Gasteiger partial charge on any atom is -0.481 e. The molecule has 21 heteroatoms. The summed E-state index contributed by atoms with van der Waals surface area (Å²) in [5, 5.41) is 45.4. The summed E-state index contributed by atoms with van der Waals surface area (Å²) < 4.78 is 0. The molecule has 0 aliphatic heterocycles. The molecule has 0 aromatic heterocycles. The highest BCUT2D eigenvalue weighted by atomic mass is 16.4. The molecule has 2 aromatic carbocycles. The minimum atomic E-state index is -1.82. The molecule has 70 heavy (non-hydrogen) atoms. The standard InChI is InChI=1S/C49H67N7O14/c1-8-9-19-32(41(64)47(69)50-27-30-16-11-10-12-17-30)52-44(66)34(24-28(2)3)55-48(70)42(49(5,6)7)56-46(68)35(25-31-18-14-13-15-29(31)4)54-43(65)33(20-22-38(58)59)53-45(67)36(26-40(62)63)51-37(57)21-23-39(60)61/h8-18,28,32-36,42H,19-27H2,1-7H3,(H,50,69)(H,51,57)(H,52,66)(H,53,67)(H,54,65)(H,55,70)(H,56,68)(H,58,59)(H,60,61)(H,62,63)/b9-8+/t32?,33-,34-,35-,36-,42+/m0/s1. The summed E-state index contributed by atoms with van der Waals surface area (Å²) in [5.74, 6) is -12.1. The van der Waals surface area contributed by atoms with Crippen molar-refractivity contribution in [3.05, 3.63) is 83.4 Å². The number of nitrogens with one attached hydrogen (secondary N) is 7. The number of carboxylic acids is 3. The molecule has 1 unspecified atom stereocenters. The van der Waals surface area contributed by atoms with E-state index < -0.39 is 139 Å². The first-order valence-corrected chi connectivity index (χ1v) is 22.8. The SMILES string of the molecule is C/C=C/CC(NC(=O)[C@H](CC(C)C)NC(=O)[C@@H](NC(=O)[C@H](Cc1ccccc1C)NC(=O)[C@H](CCC(=O)O)NC(=O)[C@H](CC(=O)O)NC(=O)CCC(=O)O)C(C)(C)C)C(=O)C(=O)NCc1ccccc1. The van der Waals surface area contributed by atoms with Crippen LogP contribution in [0.5, 0.6) is 0 Å². The van der Waals surface area contributed by atoms with Crippen molar-refractivity contribution in [1.82, 2.24) is 37.2 Å². The number of rotatable bonds is 29. The Balaban J connectivity index is 2.47. The molecule has 2 aromatic rings. The maximum Gasteiger partial charge on any atom is 0.305 e. The average molecular weight is 978 g/mol. The van der Waals surface area contributed by atoms with E-state index in [0.29, 0.717) is 11.1 Å². The van der Waals surface area contributed by atoms with Crippen molar-refractivity contribution in [3.8, 4) is 0 Å². The van der Waals surface area contributed by atoms with Crippen LogP contribution in [0.1, 0.15) is 103 Å². The van der Waals surface area contributed by atoms with Gasteiger partial charge in [-0.05, 0) is 61.1 Å². The monoisotopic (exact) mass is 977 g/mol. The van der Waals surface area contributed by atoms with E-state index in [1.807, 2.05) is 0 Å². The smallest absolute Gasteiger partial charge is 0.305 e. The minimum absolute atomic E-state index is 0.0359. The van der Waals surface area contributed by atoms with Gasteiger partial charge in [-0.15, -0.1) is 0 Å². The molecule has 0 saturated heterocycles. The van der Waals surface area contributed by atoms with E-state index in [0.717, 1.165) is 5.56 Å². The third-order valence-electron chi connectivity index (χ3n) is 10.7. The van der Waals surface area contributed by atoms with Crippen LogP contribution in [0, 0.1) is 18.3 Å². The Labute approximate surface area is 406 Å². The van der Waals surface area contributed by atoms with Gasteiger partial charge in [-0.2, -0.15) is 0 Å². The van der Waals surface area contributed by atoms with Crippen molar-refractivity contribution in [3.63, 3.8) is 0 Å². The number of carbonyl (C=O) groups excluding carboxylic acids is 8. The quantitative estimate of drug-likeness (QED) is 0.0409. The van der Waals surface area contributed by atoms with E-state index in [2.05, 4.69) is 37.2 Å². The molecule has 0 radical (unpaired) electrons. The number of allylic oxidation sites excluding steroid dienone is 1. The molecule has 0 fully saturated rings. The Morgan fingerprint density at radius 1 is 0.600 bits per heavy atom. The van der Waals surface area contributed by atoms with Crippen molar-refractivity contribution in [2.45, 2.75) is 143 Å². The molecule has 382 valence electrons. The summed E-state index contributed by atoms with van der Waals surface area (Å²) in [7, 11) is 0. The summed E-state index contributed by atoms with van der Waals surface area (Å²) in [6.45, 7) is 12.0. The highest BCUT2D eigenvalue weighted by Gasteiger charge is 2.39. The number of benzene rings is 2. The van der Waals surface area contributed by atoms with Crippen molar-refractivity contribution in [1.29, 1.82) is 0 Å². The molecule has 6 atom stereocenters. The predicted molar refractivity (Wildman–Crippen MR) is 254 cm³/mol. The number of aryl methyl sites for hydroxylation is 1. The lowest BCUT2D eigenvalue weighted by atomic mass is 9.85. The Morgan fingerprint density at radius 2 is 1.14 bits per heavy atom. The fourth-order valence-electron chi connectivity index (χ4n) is 6.90. The molecule has 0 heterocycles. The lowest BCUT2D eigenvalue weighted by Gasteiger charge is -2.34. The summed E-state index contributed by atoms with van der Waals surface area (Å²) in [4.78, 5) is 143. The maximum absolute atomic E-state index is 14.5. The number of ketones is 1. The molecule has 10 N–H and O–H groups in total. The fourth-order valence-corrected chi connectivity index (χ4v) is 6.90. The topological polar surface area (TPSA) is 333 Å². The van der Waals surface area contributed by atoms with Crippen molar-refractivity contribution < 1.29 is 68.1 Å². The van der Waals surface area contributed by atoms with Crippen LogP contribution in [0.4, 0.5) is 0 Å². The van der Waals surface area contributed by atoms with E-state index in [-0.39, 0.29) is 31.7 Å². The third kappa shape index (κ3) is 21.2. The Hall–Kier alpha value is -7.45. The second kappa shape index (κ2) is 28.8. The van der Waals surface area contributed by atoms with E-state index in [9.17, 15) is 63.0 Å². The van der Waals surface area contributed by atoms with Gasteiger partial charge < -0.3 is 52.5 Å². The number of aliphatic carboxylic acids is 3. The Bertz CT molecular complexity index is 2220. The van der Waals surface area contributed by atoms with Gasteiger partial charge in [-0.25, -0.2) is 0 Å². The predicted octanol–water partition coefficient (Wildman–Crippen LogP) is 1.59. The number of hydrogen-bond donors (Lipinski definition) is 10. The Kier molecular flexibility index (Phi) is 24.1. The largest absolute Gasteiger partial charge is 0.481 e. The summed E-state index contributed by atoms with van der Waals surface area (Å²) in [6.07, 6.45) is -0.396. The molecule has 7 amide bonds. The first kappa shape index (κ1) is 58.7. The molecule has 0 bridgehead atoms. The summed E-state index contributed by atoms with van der Waals surface area (Å²) in [5.41, 5.74) is 0.951. The van der Waals surface area contributed by atoms with Gasteiger partial charge in [0.15, 0.2) is 0 Å². The van der Waals surface area contributed by atoms with Crippen molar-refractivity contribution in [2.24, 2.45) is 11.3 Å². The zero-order chi connectivity index (χ0) is 52.7. The molecular formula is C49H67N7O14. The van der Waals surface area contributed by atoms with Crippen LogP contribution in [0.15, 0.2) is 66.7 Å². The summed E-state index contributed by atoms with van der Waals surface area (Å²) in [6, 6.07) is 6.71. The lowest BCUT2D eigenvalue weighted by molar-refractivity contribution is -0.142. The van der Waals surface area contributed by atoms with Crippen LogP contribution in [0.3, 0.4) is 0 Å². The average Bonchev–Trinajstić information content (AvgIpc) is 3.28. The van der Waals surface area contributed by atoms with Crippen LogP contribution < -0.4 is 37.2 Å². The highest BCUT2D eigenvalue weighted by Crippen LogP contribution is 2.21. The summed E-state index contributed by atoms with van der Waals surface area (Å²) >= 11 is 0. The number of carbonyl (C=O) groups is 11. The number of hydrogen-bond acceptors (Lipinski definition) is 11. The van der Waals surface area contributed by atoms with E-state index >= 15 is 0 Å². The van der Waals surface area contributed by atoms with Crippen LogP contribution in [-0.4, -0.2) is 117 Å². The van der Waals surface area contributed by atoms with Crippen LogP contribution >= 0.6 is 0 Å². The highest BCUT2D eigenvalue weighted by molar-refractivity contribution is 6.38. The number of carboxylic acid groups (broad SMARTS) is 3. The molecule has 21 nitrogen and oxygen atoms in total. The van der Waals surface area contributed by atoms with Gasteiger partial charge in [0.1, 0.15) is 36.3 Å². The van der Waals surface area contributed by atoms with Crippen LogP contribution in [0.25, 0.3) is 0 Å². The molecule has 0 saturated carbocycles. The number of amides is 7. The van der Waals surface area contributed by atoms with E-state index in [1.54, 1.807) is 115 Å². The first-order chi connectivity index (χ1) is 32.8. The van der Waals surface area contributed by atoms with Gasteiger partial charge in [0.05, 0.1) is 12.8 Å². The van der Waals surface area contributed by atoms with E-state index in [1.165, 1.54) is 0 Å². The molecule has 0 aliphatic carbocycles. The second-order valence-electron chi connectivity index (χ2n) is 18.2. The van der Waals surface area contributed by atoms with Crippen molar-refractivity contribution >= 4 is 65.0 Å². The molecular weight excluding hydrogens is 911 g/mol. The fraction of sp³-hybridized carbons (Fsp3) is 0.490. The zero-order valence-electron chi connectivity index (χ0n) is 40.6. The van der Waals surface area contributed by atoms with Crippen LogP contribution in [0.2, 0.25) is 0 Å². The van der Waals surface area contributed by atoms with Gasteiger partial charge in [0, 0.05) is 25.8 Å². The lowest BCUT2D eigenvalue weighted by Crippen LogP contribution is -2.62. The molecule has 0 spiro atoms. The maximum atomic E-state index is 14.5. The normalized spacial score (nSPS) is 13.8. The third-order valence-corrected chi connectivity index (χ3v) is 10.7. The Morgan fingerprint density at radius 3 is 1.71 bits per heavy atom. The van der Waals surface area contributed by atoms with Gasteiger partial charge in [0.2, 0.25) is 41.2 Å². The van der Waals surface area contributed by atoms with Crippen LogP contribution in [-0.2, 0) is 65.7 Å². The van der Waals surface area contributed by atoms with Gasteiger partial charge >= 0.3 is 17.9 Å². The van der Waals surface area contributed by atoms with Gasteiger partial charge in [0.25, 0.3) is 5.91 Å². The van der Waals surface area contributed by atoms with E-state index in [4.69, 9.17) is 5.11 Å². The van der Waals surface area contributed by atoms with Gasteiger partial charge in [-0.3, -0.25) is 52.7 Å².